The molecule has 0 fully saturated rings. The number of pyridine rings is 2. The van der Waals surface area contributed by atoms with Crippen molar-refractivity contribution in [3.63, 3.8) is 0 Å². The van der Waals surface area contributed by atoms with Gasteiger partial charge in [-0.15, -0.1) is 0 Å². The van der Waals surface area contributed by atoms with Crippen LogP contribution in [-0.4, -0.2) is 14.4 Å². The van der Waals surface area contributed by atoms with E-state index >= 15 is 0 Å². The Morgan fingerprint density at radius 2 is 1.71 bits per heavy atom. The Hall–Kier alpha value is -2.68. The molecule has 3 nitrogen and oxygen atoms in total. The second kappa shape index (κ2) is 4.42. The Labute approximate surface area is 122 Å². The van der Waals surface area contributed by atoms with Crippen LogP contribution in [0.4, 0.5) is 0 Å². The van der Waals surface area contributed by atoms with Crippen LogP contribution in [0.1, 0.15) is 11.3 Å². The van der Waals surface area contributed by atoms with Gasteiger partial charge in [-0.2, -0.15) is 0 Å². The average molecular weight is 273 g/mol. The Kier molecular flexibility index (Phi) is 2.54. The minimum atomic E-state index is 0.929. The molecule has 3 heteroatoms. The number of fused-ring (bicyclic) bond motifs is 3. The molecule has 0 radical (unpaired) electrons. The Morgan fingerprint density at radius 3 is 2.52 bits per heavy atom. The van der Waals surface area contributed by atoms with Crippen molar-refractivity contribution in [3.05, 3.63) is 66.0 Å². The molecule has 3 heterocycles. The van der Waals surface area contributed by atoms with Crippen LogP contribution in [0.15, 0.2) is 54.7 Å². The van der Waals surface area contributed by atoms with Gasteiger partial charge in [-0.3, -0.25) is 4.40 Å². The number of aryl methyl sites for hydroxylation is 2. The largest absolute Gasteiger partial charge is 0.283 e. The molecule has 4 aromatic rings. The SMILES string of the molecule is Cc1cc(C)c2ccc3nc(-c4ccccc4)cn3c2n1. The van der Waals surface area contributed by atoms with Gasteiger partial charge in [0.2, 0.25) is 0 Å². The third-order valence-corrected chi connectivity index (χ3v) is 3.80. The lowest BCUT2D eigenvalue weighted by atomic mass is 10.1. The van der Waals surface area contributed by atoms with Gasteiger partial charge in [-0.25, -0.2) is 9.97 Å². The molecule has 0 bridgehead atoms. The summed E-state index contributed by atoms with van der Waals surface area (Å²) in [5.74, 6) is 0. The Bertz CT molecular complexity index is 952. The van der Waals surface area contributed by atoms with E-state index in [4.69, 9.17) is 9.97 Å². The van der Waals surface area contributed by atoms with Crippen molar-refractivity contribution in [2.75, 3.05) is 0 Å². The van der Waals surface area contributed by atoms with E-state index in [1.165, 1.54) is 10.9 Å². The summed E-state index contributed by atoms with van der Waals surface area (Å²) in [5, 5.41) is 1.17. The molecule has 1 aromatic carbocycles. The molecule has 21 heavy (non-hydrogen) atoms. The van der Waals surface area contributed by atoms with Gasteiger partial charge in [0, 0.05) is 22.8 Å². The van der Waals surface area contributed by atoms with Crippen LogP contribution in [0.25, 0.3) is 27.9 Å². The summed E-state index contributed by atoms with van der Waals surface area (Å²) in [4.78, 5) is 9.41. The summed E-state index contributed by atoms with van der Waals surface area (Å²) in [7, 11) is 0. The van der Waals surface area contributed by atoms with Gasteiger partial charge >= 0.3 is 0 Å². The first kappa shape index (κ1) is 12.1. The van der Waals surface area contributed by atoms with E-state index in [1.54, 1.807) is 0 Å². The maximum atomic E-state index is 4.72. The third-order valence-electron chi connectivity index (χ3n) is 3.80. The fourth-order valence-electron chi connectivity index (χ4n) is 2.80. The van der Waals surface area contributed by atoms with Crippen LogP contribution in [-0.2, 0) is 0 Å². The fraction of sp³-hybridized carbons (Fsp3) is 0.111. The van der Waals surface area contributed by atoms with Crippen LogP contribution >= 0.6 is 0 Å². The van der Waals surface area contributed by atoms with E-state index in [-0.39, 0.29) is 0 Å². The quantitative estimate of drug-likeness (QED) is 0.521. The van der Waals surface area contributed by atoms with Gasteiger partial charge in [0.15, 0.2) is 0 Å². The number of hydrogen-bond acceptors (Lipinski definition) is 2. The molecule has 0 atom stereocenters. The highest BCUT2D eigenvalue weighted by Gasteiger charge is 2.09. The topological polar surface area (TPSA) is 30.2 Å². The van der Waals surface area contributed by atoms with Gasteiger partial charge in [-0.1, -0.05) is 30.3 Å². The molecule has 0 amide bonds. The molecule has 102 valence electrons. The molecule has 4 rings (SSSR count). The first-order valence-corrected chi connectivity index (χ1v) is 7.04. The number of hydrogen-bond donors (Lipinski definition) is 0. The lowest BCUT2D eigenvalue weighted by Crippen LogP contribution is -1.94. The number of imidazole rings is 1. The zero-order valence-electron chi connectivity index (χ0n) is 12.0. The number of rotatable bonds is 1. The minimum Gasteiger partial charge on any atom is -0.283 e. The summed E-state index contributed by atoms with van der Waals surface area (Å²) in [6.45, 7) is 4.15. The molecule has 0 spiro atoms. The summed E-state index contributed by atoms with van der Waals surface area (Å²) in [5.41, 5.74) is 6.28. The third kappa shape index (κ3) is 1.89. The molecule has 0 unspecified atom stereocenters. The fourth-order valence-corrected chi connectivity index (χ4v) is 2.80. The van der Waals surface area contributed by atoms with Gasteiger partial charge in [0.05, 0.1) is 5.69 Å². The van der Waals surface area contributed by atoms with Crippen molar-refractivity contribution in [1.29, 1.82) is 0 Å². The summed E-state index contributed by atoms with van der Waals surface area (Å²) < 4.78 is 2.08. The molecular weight excluding hydrogens is 258 g/mol. The van der Waals surface area contributed by atoms with Crippen LogP contribution in [0.3, 0.4) is 0 Å². The smallest absolute Gasteiger partial charge is 0.146 e. The average Bonchev–Trinajstić information content (AvgIpc) is 2.92. The van der Waals surface area contributed by atoms with Crippen molar-refractivity contribution >= 4 is 16.7 Å². The minimum absolute atomic E-state index is 0.929. The predicted octanol–water partition coefficient (Wildman–Crippen LogP) is 4.17. The van der Waals surface area contributed by atoms with E-state index in [0.717, 1.165) is 28.2 Å². The van der Waals surface area contributed by atoms with Crippen molar-refractivity contribution in [2.24, 2.45) is 0 Å². The molecule has 0 aliphatic carbocycles. The van der Waals surface area contributed by atoms with Crippen LogP contribution in [0.5, 0.6) is 0 Å². The Balaban J connectivity index is 2.06. The summed E-state index contributed by atoms with van der Waals surface area (Å²) >= 11 is 0. The van der Waals surface area contributed by atoms with Crippen LogP contribution in [0, 0.1) is 13.8 Å². The number of aromatic nitrogens is 3. The number of nitrogens with zero attached hydrogens (tertiary/aromatic N) is 3. The monoisotopic (exact) mass is 273 g/mol. The highest BCUT2D eigenvalue weighted by molar-refractivity contribution is 5.83. The molecular formula is C18H15N3. The van der Waals surface area contributed by atoms with E-state index in [2.05, 4.69) is 47.9 Å². The molecule has 0 aliphatic heterocycles. The molecule has 3 aromatic heterocycles. The second-order valence-electron chi connectivity index (χ2n) is 5.37. The van der Waals surface area contributed by atoms with E-state index < -0.39 is 0 Å². The summed E-state index contributed by atoms with van der Waals surface area (Å²) in [6, 6.07) is 16.5. The van der Waals surface area contributed by atoms with E-state index in [1.807, 2.05) is 25.1 Å². The maximum absolute atomic E-state index is 4.72. The van der Waals surface area contributed by atoms with E-state index in [9.17, 15) is 0 Å². The number of benzene rings is 1. The first-order chi connectivity index (χ1) is 10.2. The van der Waals surface area contributed by atoms with Gasteiger partial charge in [-0.05, 0) is 37.6 Å². The molecule has 0 N–H and O–H groups in total. The van der Waals surface area contributed by atoms with Crippen molar-refractivity contribution in [1.82, 2.24) is 14.4 Å². The van der Waals surface area contributed by atoms with Crippen molar-refractivity contribution in [2.45, 2.75) is 13.8 Å². The first-order valence-electron chi connectivity index (χ1n) is 7.04. The van der Waals surface area contributed by atoms with E-state index in [0.29, 0.717) is 0 Å². The maximum Gasteiger partial charge on any atom is 0.146 e. The van der Waals surface area contributed by atoms with Crippen LogP contribution < -0.4 is 0 Å². The highest BCUT2D eigenvalue weighted by atomic mass is 15.0. The van der Waals surface area contributed by atoms with Gasteiger partial charge < -0.3 is 0 Å². The lowest BCUT2D eigenvalue weighted by molar-refractivity contribution is 1.14. The normalized spacial score (nSPS) is 11.3. The van der Waals surface area contributed by atoms with Crippen LogP contribution in [0.2, 0.25) is 0 Å². The van der Waals surface area contributed by atoms with Crippen molar-refractivity contribution < 1.29 is 0 Å². The second-order valence-corrected chi connectivity index (χ2v) is 5.37. The zero-order valence-corrected chi connectivity index (χ0v) is 12.0. The Morgan fingerprint density at radius 1 is 0.905 bits per heavy atom. The lowest BCUT2D eigenvalue weighted by Gasteiger charge is -2.05. The standard InChI is InChI=1S/C18H15N3/c1-12-10-13(2)19-18-15(12)8-9-17-20-16(11-21(17)18)14-6-4-3-5-7-14/h3-11H,1-2H3. The predicted molar refractivity (Wildman–Crippen MR) is 85.4 cm³/mol. The zero-order chi connectivity index (χ0) is 14.4. The van der Waals surface area contributed by atoms with Gasteiger partial charge in [0.1, 0.15) is 11.3 Å². The highest BCUT2D eigenvalue weighted by Crippen LogP contribution is 2.24. The summed E-state index contributed by atoms with van der Waals surface area (Å²) in [6.07, 6.45) is 2.07. The molecule has 0 aliphatic rings. The molecule has 0 saturated heterocycles. The van der Waals surface area contributed by atoms with Gasteiger partial charge in [0.25, 0.3) is 0 Å². The molecule has 0 saturated carbocycles. The van der Waals surface area contributed by atoms with Crippen molar-refractivity contribution in [3.8, 4) is 11.3 Å².